The summed E-state index contributed by atoms with van der Waals surface area (Å²) >= 11 is 0. The molecular formula is C13H17N5O2S. The van der Waals surface area contributed by atoms with Gasteiger partial charge in [0.15, 0.2) is 0 Å². The first-order chi connectivity index (χ1) is 9.97. The Morgan fingerprint density at radius 2 is 2.14 bits per heavy atom. The van der Waals surface area contributed by atoms with Gasteiger partial charge in [-0.15, -0.1) is 0 Å². The smallest absolute Gasteiger partial charge is 0.211 e. The molecule has 3 heterocycles. The standard InChI is InChI=1S/C13H17N5O2S/c1-17-12(5-6-15-17)10-8-14-9-11(16-10)13-4-3-7-18(13)21(2,19)20/h5-6,8-9,13H,3-4,7H2,1-2H3. The third-order valence-electron chi connectivity index (χ3n) is 3.71. The zero-order valence-corrected chi connectivity index (χ0v) is 12.8. The summed E-state index contributed by atoms with van der Waals surface area (Å²) in [5, 5.41) is 4.12. The number of aryl methyl sites for hydroxylation is 1. The fourth-order valence-electron chi connectivity index (χ4n) is 2.72. The highest BCUT2D eigenvalue weighted by Crippen LogP contribution is 2.33. The van der Waals surface area contributed by atoms with Gasteiger partial charge in [-0.05, 0) is 18.9 Å². The van der Waals surface area contributed by atoms with Crippen molar-refractivity contribution in [2.45, 2.75) is 18.9 Å². The van der Waals surface area contributed by atoms with Crippen molar-refractivity contribution < 1.29 is 8.42 Å². The zero-order valence-electron chi connectivity index (χ0n) is 12.0. The van der Waals surface area contributed by atoms with Crippen molar-refractivity contribution in [1.82, 2.24) is 24.1 Å². The predicted molar refractivity (Wildman–Crippen MR) is 77.8 cm³/mol. The number of hydrogen-bond acceptors (Lipinski definition) is 5. The molecule has 1 aliphatic heterocycles. The van der Waals surface area contributed by atoms with Crippen molar-refractivity contribution in [3.05, 3.63) is 30.4 Å². The van der Waals surface area contributed by atoms with E-state index in [1.165, 1.54) is 10.6 Å². The van der Waals surface area contributed by atoms with Gasteiger partial charge in [-0.2, -0.15) is 9.40 Å². The van der Waals surface area contributed by atoms with Crippen molar-refractivity contribution in [2.75, 3.05) is 12.8 Å². The summed E-state index contributed by atoms with van der Waals surface area (Å²) in [7, 11) is -1.39. The summed E-state index contributed by atoms with van der Waals surface area (Å²) < 4.78 is 26.9. The first-order valence-corrected chi connectivity index (χ1v) is 8.59. The molecule has 0 N–H and O–H groups in total. The third-order valence-corrected chi connectivity index (χ3v) is 5.00. The Kier molecular flexibility index (Phi) is 3.50. The predicted octanol–water partition coefficient (Wildman–Crippen LogP) is 0.974. The van der Waals surface area contributed by atoms with E-state index < -0.39 is 10.0 Å². The second-order valence-corrected chi connectivity index (χ2v) is 7.14. The minimum Gasteiger partial charge on any atom is -0.266 e. The van der Waals surface area contributed by atoms with Crippen LogP contribution in [-0.4, -0.2) is 45.3 Å². The molecule has 1 atom stereocenters. The van der Waals surface area contributed by atoms with E-state index in [4.69, 9.17) is 0 Å². The lowest BCUT2D eigenvalue weighted by molar-refractivity contribution is 0.393. The van der Waals surface area contributed by atoms with Crippen LogP contribution in [0.5, 0.6) is 0 Å². The molecule has 0 radical (unpaired) electrons. The van der Waals surface area contributed by atoms with E-state index in [2.05, 4.69) is 15.1 Å². The molecule has 7 nitrogen and oxygen atoms in total. The van der Waals surface area contributed by atoms with Gasteiger partial charge in [-0.1, -0.05) is 0 Å². The molecule has 0 aliphatic carbocycles. The molecule has 1 saturated heterocycles. The second kappa shape index (κ2) is 5.19. The third kappa shape index (κ3) is 2.68. The number of nitrogens with zero attached hydrogens (tertiary/aromatic N) is 5. The molecule has 3 rings (SSSR count). The van der Waals surface area contributed by atoms with E-state index in [0.717, 1.165) is 18.5 Å². The van der Waals surface area contributed by atoms with E-state index in [9.17, 15) is 8.42 Å². The molecule has 8 heteroatoms. The Morgan fingerprint density at radius 3 is 2.81 bits per heavy atom. The van der Waals surface area contributed by atoms with Crippen LogP contribution >= 0.6 is 0 Å². The fraction of sp³-hybridized carbons (Fsp3) is 0.462. The van der Waals surface area contributed by atoms with E-state index >= 15 is 0 Å². The van der Waals surface area contributed by atoms with Gasteiger partial charge in [0, 0.05) is 19.8 Å². The lowest BCUT2D eigenvalue weighted by Gasteiger charge is -2.21. The number of rotatable bonds is 3. The molecule has 2 aromatic heterocycles. The highest BCUT2D eigenvalue weighted by atomic mass is 32.2. The Labute approximate surface area is 123 Å². The van der Waals surface area contributed by atoms with Crippen LogP contribution in [-0.2, 0) is 17.1 Å². The van der Waals surface area contributed by atoms with Crippen LogP contribution in [0.4, 0.5) is 0 Å². The first kappa shape index (κ1) is 14.2. The Bertz CT molecular complexity index is 755. The Balaban J connectivity index is 1.99. The summed E-state index contributed by atoms with van der Waals surface area (Å²) in [5.41, 5.74) is 2.25. The van der Waals surface area contributed by atoms with E-state index in [0.29, 0.717) is 17.9 Å². The molecule has 2 aromatic rings. The van der Waals surface area contributed by atoms with Crippen LogP contribution in [0.3, 0.4) is 0 Å². The van der Waals surface area contributed by atoms with E-state index in [1.807, 2.05) is 13.1 Å². The van der Waals surface area contributed by atoms with Crippen LogP contribution in [0, 0.1) is 0 Å². The number of hydrogen-bond donors (Lipinski definition) is 0. The van der Waals surface area contributed by atoms with Gasteiger partial charge in [0.2, 0.25) is 10.0 Å². The normalized spacial score (nSPS) is 20.0. The molecule has 0 aromatic carbocycles. The van der Waals surface area contributed by atoms with Gasteiger partial charge >= 0.3 is 0 Å². The number of sulfonamides is 1. The first-order valence-electron chi connectivity index (χ1n) is 6.74. The maximum absolute atomic E-state index is 11.8. The summed E-state index contributed by atoms with van der Waals surface area (Å²) in [6, 6.07) is 1.64. The summed E-state index contributed by atoms with van der Waals surface area (Å²) in [6.45, 7) is 0.543. The van der Waals surface area contributed by atoms with Gasteiger partial charge in [-0.25, -0.2) is 13.4 Å². The van der Waals surface area contributed by atoms with Crippen LogP contribution in [0.15, 0.2) is 24.7 Å². The van der Waals surface area contributed by atoms with Crippen molar-refractivity contribution in [3.63, 3.8) is 0 Å². The largest absolute Gasteiger partial charge is 0.266 e. The van der Waals surface area contributed by atoms with Crippen LogP contribution in [0.25, 0.3) is 11.4 Å². The molecule has 0 amide bonds. The lowest BCUT2D eigenvalue weighted by Crippen LogP contribution is -2.30. The molecule has 0 spiro atoms. The molecule has 0 bridgehead atoms. The highest BCUT2D eigenvalue weighted by Gasteiger charge is 2.33. The average molecular weight is 307 g/mol. The minimum atomic E-state index is -3.23. The van der Waals surface area contributed by atoms with Crippen LogP contribution in [0.2, 0.25) is 0 Å². The SMILES string of the molecule is Cn1nccc1-c1cncc(C2CCCN2S(C)(=O)=O)n1. The fourth-order valence-corrected chi connectivity index (χ4v) is 3.86. The minimum absolute atomic E-state index is 0.222. The highest BCUT2D eigenvalue weighted by molar-refractivity contribution is 7.88. The van der Waals surface area contributed by atoms with E-state index in [-0.39, 0.29) is 6.04 Å². The quantitative estimate of drug-likeness (QED) is 0.844. The maximum atomic E-state index is 11.8. The molecule has 0 saturated carbocycles. The topological polar surface area (TPSA) is 81.0 Å². The number of aromatic nitrogens is 4. The monoisotopic (exact) mass is 307 g/mol. The van der Waals surface area contributed by atoms with Gasteiger partial charge in [0.05, 0.1) is 36.1 Å². The molecule has 21 heavy (non-hydrogen) atoms. The van der Waals surface area contributed by atoms with Crippen LogP contribution < -0.4 is 0 Å². The van der Waals surface area contributed by atoms with Gasteiger partial charge in [-0.3, -0.25) is 9.67 Å². The molecule has 1 unspecified atom stereocenters. The molecule has 112 valence electrons. The summed E-state index contributed by atoms with van der Waals surface area (Å²) in [4.78, 5) is 8.81. The van der Waals surface area contributed by atoms with Crippen LogP contribution in [0.1, 0.15) is 24.6 Å². The molecule has 1 aliphatic rings. The van der Waals surface area contributed by atoms with Gasteiger partial charge in [0.25, 0.3) is 0 Å². The second-order valence-electron chi connectivity index (χ2n) is 5.20. The van der Waals surface area contributed by atoms with Gasteiger partial charge < -0.3 is 0 Å². The summed E-state index contributed by atoms with van der Waals surface area (Å²) in [5.74, 6) is 0. The Morgan fingerprint density at radius 1 is 1.33 bits per heavy atom. The van der Waals surface area contributed by atoms with Crippen molar-refractivity contribution in [1.29, 1.82) is 0 Å². The average Bonchev–Trinajstić information content (AvgIpc) is 3.06. The van der Waals surface area contributed by atoms with Gasteiger partial charge in [0.1, 0.15) is 5.69 Å². The lowest BCUT2D eigenvalue weighted by atomic mass is 10.1. The Hall–Kier alpha value is -1.80. The molecular weight excluding hydrogens is 290 g/mol. The molecule has 1 fully saturated rings. The van der Waals surface area contributed by atoms with Crippen molar-refractivity contribution in [2.24, 2.45) is 7.05 Å². The van der Waals surface area contributed by atoms with Crippen molar-refractivity contribution >= 4 is 10.0 Å². The summed E-state index contributed by atoms with van der Waals surface area (Å²) in [6.07, 6.45) is 7.87. The van der Waals surface area contributed by atoms with Crippen molar-refractivity contribution in [3.8, 4) is 11.4 Å². The van der Waals surface area contributed by atoms with E-state index in [1.54, 1.807) is 23.3 Å². The zero-order chi connectivity index (χ0) is 15.0. The maximum Gasteiger partial charge on any atom is 0.211 e.